The maximum Gasteiger partial charge on any atom is 0.283 e. The van der Waals surface area contributed by atoms with Gasteiger partial charge in [-0.2, -0.15) is 0 Å². The summed E-state index contributed by atoms with van der Waals surface area (Å²) in [5, 5.41) is 0.981. The number of nitrogens with zero attached hydrogens (tertiary/aromatic N) is 2. The predicted octanol–water partition coefficient (Wildman–Crippen LogP) is 5.20. The molecule has 27 heavy (non-hydrogen) atoms. The largest absolute Gasteiger partial charge is 0.299 e. The molecule has 0 bridgehead atoms. The smallest absolute Gasteiger partial charge is 0.283 e. The first kappa shape index (κ1) is 19.6. The van der Waals surface area contributed by atoms with Crippen LogP contribution in [0.3, 0.4) is 0 Å². The van der Waals surface area contributed by atoms with E-state index in [2.05, 4.69) is 4.99 Å². The van der Waals surface area contributed by atoms with Crippen molar-refractivity contribution < 1.29 is 14.0 Å². The Balaban J connectivity index is 2.02. The van der Waals surface area contributed by atoms with Crippen molar-refractivity contribution in [3.63, 3.8) is 0 Å². The third-order valence-corrected chi connectivity index (χ3v) is 5.40. The van der Waals surface area contributed by atoms with Crippen LogP contribution in [0.4, 0.5) is 10.1 Å². The Morgan fingerprint density at radius 2 is 1.96 bits per heavy atom. The SMILES string of the molecule is CC(=O)CSC1=N/C(=C\c2ccc(Cl)c(Cl)c2)C(=O)N1c1ccccc1F. The third kappa shape index (κ3) is 4.40. The maximum absolute atomic E-state index is 14.3. The fraction of sp³-hybridized carbons (Fsp3) is 0.105. The number of amidine groups is 1. The summed E-state index contributed by atoms with van der Waals surface area (Å²) in [4.78, 5) is 29.7. The number of carbonyl (C=O) groups excluding carboxylic acids is 2. The van der Waals surface area contributed by atoms with E-state index in [0.29, 0.717) is 15.6 Å². The molecule has 1 heterocycles. The van der Waals surface area contributed by atoms with Crippen LogP contribution in [-0.4, -0.2) is 22.6 Å². The number of ketones is 1. The van der Waals surface area contributed by atoms with Crippen LogP contribution in [0.5, 0.6) is 0 Å². The van der Waals surface area contributed by atoms with Gasteiger partial charge in [-0.1, -0.05) is 53.2 Å². The number of benzene rings is 2. The molecule has 3 rings (SSSR count). The number of hydrogen-bond donors (Lipinski definition) is 0. The molecule has 0 aromatic heterocycles. The van der Waals surface area contributed by atoms with Gasteiger partial charge in [0.05, 0.1) is 21.5 Å². The second-order valence-corrected chi connectivity index (χ2v) is 7.44. The molecule has 1 aliphatic rings. The average molecular weight is 423 g/mol. The van der Waals surface area contributed by atoms with Gasteiger partial charge in [-0.3, -0.25) is 14.5 Å². The lowest BCUT2D eigenvalue weighted by molar-refractivity contribution is -0.115. The zero-order chi connectivity index (χ0) is 19.6. The molecule has 0 fully saturated rings. The standard InChI is InChI=1S/C19H13Cl2FN2O2S/c1-11(25)10-27-19-23-16(9-12-6-7-13(20)14(21)8-12)18(26)24(19)17-5-3-2-4-15(17)22/h2-9H,10H2,1H3/b16-9-. The van der Waals surface area contributed by atoms with E-state index in [-0.39, 0.29) is 28.1 Å². The fourth-order valence-corrected chi connectivity index (χ4v) is 3.48. The quantitative estimate of drug-likeness (QED) is 0.636. The number of thioether (sulfide) groups is 1. The Kier molecular flexibility index (Phi) is 5.99. The molecule has 0 saturated heterocycles. The Labute approximate surface area is 169 Å². The van der Waals surface area contributed by atoms with Crippen LogP contribution >= 0.6 is 35.0 Å². The third-order valence-electron chi connectivity index (χ3n) is 3.57. The highest BCUT2D eigenvalue weighted by Gasteiger charge is 2.33. The van der Waals surface area contributed by atoms with E-state index in [4.69, 9.17) is 23.2 Å². The highest BCUT2D eigenvalue weighted by molar-refractivity contribution is 8.14. The molecule has 1 amide bonds. The number of carbonyl (C=O) groups is 2. The lowest BCUT2D eigenvalue weighted by Gasteiger charge is -2.18. The van der Waals surface area contributed by atoms with Gasteiger partial charge in [0.15, 0.2) is 5.17 Å². The van der Waals surface area contributed by atoms with E-state index in [1.807, 2.05) is 0 Å². The van der Waals surface area contributed by atoms with Crippen LogP contribution in [0.25, 0.3) is 6.08 Å². The highest BCUT2D eigenvalue weighted by atomic mass is 35.5. The molecule has 4 nitrogen and oxygen atoms in total. The Bertz CT molecular complexity index is 991. The van der Waals surface area contributed by atoms with Crippen molar-refractivity contribution in [3.8, 4) is 0 Å². The van der Waals surface area contributed by atoms with Crippen LogP contribution in [0.1, 0.15) is 12.5 Å². The topological polar surface area (TPSA) is 49.7 Å². The molecule has 0 spiro atoms. The summed E-state index contributed by atoms with van der Waals surface area (Å²) in [5.41, 5.74) is 0.820. The maximum atomic E-state index is 14.3. The summed E-state index contributed by atoms with van der Waals surface area (Å²) in [7, 11) is 0. The van der Waals surface area contributed by atoms with Crippen LogP contribution < -0.4 is 4.90 Å². The van der Waals surface area contributed by atoms with Gasteiger partial charge in [0, 0.05) is 0 Å². The van der Waals surface area contributed by atoms with E-state index < -0.39 is 11.7 Å². The van der Waals surface area contributed by atoms with E-state index in [9.17, 15) is 14.0 Å². The molecular weight excluding hydrogens is 410 g/mol. The number of anilines is 1. The summed E-state index contributed by atoms with van der Waals surface area (Å²) in [6.07, 6.45) is 1.54. The minimum absolute atomic E-state index is 0.0782. The van der Waals surface area contributed by atoms with E-state index in [1.54, 1.807) is 30.3 Å². The summed E-state index contributed by atoms with van der Waals surface area (Å²) in [6, 6.07) is 10.8. The van der Waals surface area contributed by atoms with Gasteiger partial charge in [-0.25, -0.2) is 9.38 Å². The van der Waals surface area contributed by atoms with E-state index >= 15 is 0 Å². The second kappa shape index (κ2) is 8.25. The molecular formula is C19H13Cl2FN2O2S. The molecule has 0 radical (unpaired) electrons. The van der Waals surface area contributed by atoms with Crippen molar-refractivity contribution in [2.75, 3.05) is 10.7 Å². The minimum Gasteiger partial charge on any atom is -0.299 e. The van der Waals surface area contributed by atoms with E-state index in [1.165, 1.54) is 30.0 Å². The molecule has 0 unspecified atom stereocenters. The number of Topliss-reactive ketones (excluding diaryl/α,β-unsaturated/α-hetero) is 1. The molecule has 2 aromatic rings. The van der Waals surface area contributed by atoms with Crippen molar-refractivity contribution in [2.45, 2.75) is 6.92 Å². The van der Waals surface area contributed by atoms with Crippen molar-refractivity contribution >= 4 is 63.6 Å². The number of amides is 1. The second-order valence-electron chi connectivity index (χ2n) is 5.68. The fourth-order valence-electron chi connectivity index (χ4n) is 2.36. The first-order chi connectivity index (χ1) is 12.9. The molecule has 0 N–H and O–H groups in total. The van der Waals surface area contributed by atoms with Gasteiger partial charge in [0.2, 0.25) is 0 Å². The van der Waals surface area contributed by atoms with Crippen LogP contribution in [0, 0.1) is 5.82 Å². The van der Waals surface area contributed by atoms with Gasteiger partial charge in [-0.15, -0.1) is 0 Å². The van der Waals surface area contributed by atoms with Gasteiger partial charge in [0.1, 0.15) is 17.3 Å². The Morgan fingerprint density at radius 3 is 2.63 bits per heavy atom. The van der Waals surface area contributed by atoms with Crippen molar-refractivity contribution in [1.82, 2.24) is 0 Å². The summed E-state index contributed by atoms with van der Waals surface area (Å²) in [5.74, 6) is -1.00. The lowest BCUT2D eigenvalue weighted by atomic mass is 10.2. The monoisotopic (exact) mass is 422 g/mol. The Morgan fingerprint density at radius 1 is 1.22 bits per heavy atom. The minimum atomic E-state index is -0.558. The molecule has 138 valence electrons. The van der Waals surface area contributed by atoms with Crippen molar-refractivity contribution in [1.29, 1.82) is 0 Å². The number of rotatable bonds is 4. The van der Waals surface area contributed by atoms with Crippen molar-refractivity contribution in [3.05, 3.63) is 69.6 Å². The molecule has 1 aliphatic heterocycles. The number of halogens is 3. The first-order valence-electron chi connectivity index (χ1n) is 7.83. The summed E-state index contributed by atoms with van der Waals surface area (Å²) < 4.78 is 14.3. The van der Waals surface area contributed by atoms with Gasteiger partial charge < -0.3 is 0 Å². The lowest BCUT2D eigenvalue weighted by Crippen LogP contribution is -2.31. The molecule has 8 heteroatoms. The normalized spacial score (nSPS) is 15.4. The zero-order valence-corrected chi connectivity index (χ0v) is 16.4. The zero-order valence-electron chi connectivity index (χ0n) is 14.1. The van der Waals surface area contributed by atoms with Crippen molar-refractivity contribution in [2.24, 2.45) is 4.99 Å². The van der Waals surface area contributed by atoms with Gasteiger partial charge >= 0.3 is 0 Å². The Hall–Kier alpha value is -2.15. The van der Waals surface area contributed by atoms with Crippen LogP contribution in [0.15, 0.2) is 53.2 Å². The summed E-state index contributed by atoms with van der Waals surface area (Å²) >= 11 is 13.0. The average Bonchev–Trinajstić information content (AvgIpc) is 2.92. The van der Waals surface area contributed by atoms with Crippen LogP contribution in [0.2, 0.25) is 10.0 Å². The first-order valence-corrected chi connectivity index (χ1v) is 9.57. The number of aliphatic imine (C=N–C) groups is 1. The summed E-state index contributed by atoms with van der Waals surface area (Å²) in [6.45, 7) is 1.43. The molecule has 0 atom stereocenters. The van der Waals surface area contributed by atoms with Gasteiger partial charge in [-0.05, 0) is 42.8 Å². The number of hydrogen-bond acceptors (Lipinski definition) is 4. The van der Waals surface area contributed by atoms with E-state index in [0.717, 1.165) is 11.8 Å². The van der Waals surface area contributed by atoms with Gasteiger partial charge in [0.25, 0.3) is 5.91 Å². The molecule has 0 saturated carbocycles. The van der Waals surface area contributed by atoms with Crippen LogP contribution in [-0.2, 0) is 9.59 Å². The predicted molar refractivity (Wildman–Crippen MR) is 109 cm³/mol. The molecule has 0 aliphatic carbocycles. The highest BCUT2D eigenvalue weighted by Crippen LogP contribution is 2.31. The molecule has 2 aromatic carbocycles. The number of para-hydroxylation sites is 1.